The molecular weight excluding hydrogens is 242 g/mol. The molecule has 0 radical (unpaired) electrons. The molecule has 0 N–H and O–H groups in total. The third kappa shape index (κ3) is 1.92. The first-order valence-electron chi connectivity index (χ1n) is 5.90. The van der Waals surface area contributed by atoms with E-state index in [0.717, 1.165) is 6.07 Å². The zero-order valence-electron chi connectivity index (χ0n) is 9.99. The van der Waals surface area contributed by atoms with Crippen molar-refractivity contribution in [2.75, 3.05) is 13.7 Å². The molecule has 1 aromatic carbocycles. The second-order valence-electron chi connectivity index (χ2n) is 4.79. The van der Waals surface area contributed by atoms with Gasteiger partial charge in [-0.2, -0.15) is 0 Å². The molecule has 0 spiro atoms. The molecule has 2 aliphatic rings. The Labute approximate surface area is 104 Å². The highest BCUT2D eigenvalue weighted by Gasteiger charge is 2.47. The van der Waals surface area contributed by atoms with E-state index in [1.54, 1.807) is 7.11 Å². The van der Waals surface area contributed by atoms with Crippen molar-refractivity contribution < 1.29 is 23.0 Å². The number of rotatable bonds is 2. The fraction of sp³-hybridized carbons (Fsp3) is 0.538. The number of fused-ring (bicyclic) bond motifs is 2. The van der Waals surface area contributed by atoms with Gasteiger partial charge in [0.2, 0.25) is 0 Å². The lowest BCUT2D eigenvalue weighted by Crippen LogP contribution is -2.41. The van der Waals surface area contributed by atoms with Gasteiger partial charge in [0.05, 0.1) is 12.7 Å². The first kappa shape index (κ1) is 12.0. The monoisotopic (exact) mass is 256 g/mol. The highest BCUT2D eigenvalue weighted by atomic mass is 19.1. The lowest BCUT2D eigenvalue weighted by Gasteiger charge is -2.38. The van der Waals surface area contributed by atoms with Gasteiger partial charge in [-0.25, -0.2) is 8.78 Å². The number of benzene rings is 1. The summed E-state index contributed by atoms with van der Waals surface area (Å²) in [7, 11) is 1.55. The second-order valence-corrected chi connectivity index (χ2v) is 4.79. The Hall–Kier alpha value is -1.04. The number of hydrogen-bond acceptors (Lipinski definition) is 3. The number of halogens is 2. The molecule has 2 heterocycles. The van der Waals surface area contributed by atoms with E-state index in [2.05, 4.69) is 0 Å². The van der Waals surface area contributed by atoms with Gasteiger partial charge in [-0.05, 0) is 17.7 Å². The molecule has 5 heteroatoms. The third-order valence-corrected chi connectivity index (χ3v) is 3.65. The van der Waals surface area contributed by atoms with Crippen LogP contribution in [0.2, 0.25) is 0 Å². The Bertz CT molecular complexity index is 431. The topological polar surface area (TPSA) is 27.7 Å². The lowest BCUT2D eigenvalue weighted by atomic mass is 9.83. The van der Waals surface area contributed by atoms with Crippen LogP contribution in [0.3, 0.4) is 0 Å². The highest BCUT2D eigenvalue weighted by Crippen LogP contribution is 2.43. The van der Waals surface area contributed by atoms with E-state index >= 15 is 0 Å². The molecule has 18 heavy (non-hydrogen) atoms. The van der Waals surface area contributed by atoms with Crippen LogP contribution in [-0.4, -0.2) is 26.1 Å². The van der Waals surface area contributed by atoms with Crippen LogP contribution in [0.15, 0.2) is 18.2 Å². The molecule has 0 aromatic heterocycles. The van der Waals surface area contributed by atoms with Crippen LogP contribution >= 0.6 is 0 Å². The normalized spacial score (nSPS) is 34.8. The van der Waals surface area contributed by atoms with Gasteiger partial charge in [-0.1, -0.05) is 0 Å². The van der Waals surface area contributed by atoms with Gasteiger partial charge >= 0.3 is 0 Å². The van der Waals surface area contributed by atoms with Crippen LogP contribution < -0.4 is 0 Å². The molecule has 2 bridgehead atoms. The quantitative estimate of drug-likeness (QED) is 0.813. The second kappa shape index (κ2) is 4.26. The summed E-state index contributed by atoms with van der Waals surface area (Å²) in [5.74, 6) is -1.19. The van der Waals surface area contributed by atoms with Gasteiger partial charge in [0.15, 0.2) is 6.29 Å². The smallest absolute Gasteiger partial charge is 0.161 e. The minimum absolute atomic E-state index is 0.0740. The van der Waals surface area contributed by atoms with E-state index < -0.39 is 17.2 Å². The summed E-state index contributed by atoms with van der Waals surface area (Å²) in [4.78, 5) is 0. The van der Waals surface area contributed by atoms with Gasteiger partial charge in [-0.15, -0.1) is 0 Å². The summed E-state index contributed by atoms with van der Waals surface area (Å²) < 4.78 is 43.2. The molecule has 2 fully saturated rings. The van der Waals surface area contributed by atoms with Gasteiger partial charge in [-0.3, -0.25) is 0 Å². The molecule has 3 rings (SSSR count). The van der Waals surface area contributed by atoms with Crippen LogP contribution in [-0.2, 0) is 19.8 Å². The van der Waals surface area contributed by atoms with Crippen molar-refractivity contribution >= 4 is 0 Å². The summed E-state index contributed by atoms with van der Waals surface area (Å²) in [6.45, 7) is 0.508. The summed E-state index contributed by atoms with van der Waals surface area (Å²) >= 11 is 0. The Kier molecular flexibility index (Phi) is 2.84. The molecular formula is C13H14F2O3. The predicted molar refractivity (Wildman–Crippen MR) is 58.9 cm³/mol. The molecule has 0 amide bonds. The van der Waals surface area contributed by atoms with E-state index in [4.69, 9.17) is 14.2 Å². The molecule has 3 atom stereocenters. The van der Waals surface area contributed by atoms with Crippen molar-refractivity contribution in [3.05, 3.63) is 35.4 Å². The molecule has 2 aliphatic heterocycles. The first-order chi connectivity index (χ1) is 8.61. The number of hydrogen-bond donors (Lipinski definition) is 0. The third-order valence-electron chi connectivity index (χ3n) is 3.65. The van der Waals surface area contributed by atoms with E-state index in [-0.39, 0.29) is 12.4 Å². The van der Waals surface area contributed by atoms with Crippen molar-refractivity contribution in [1.82, 2.24) is 0 Å². The van der Waals surface area contributed by atoms with Gasteiger partial charge in [0.1, 0.15) is 17.2 Å². The average molecular weight is 256 g/mol. The lowest BCUT2D eigenvalue weighted by molar-refractivity contribution is -0.171. The zero-order chi connectivity index (χ0) is 12.8. The molecule has 0 unspecified atom stereocenters. The minimum Gasteiger partial charge on any atom is -0.373 e. The van der Waals surface area contributed by atoms with Crippen molar-refractivity contribution in [2.24, 2.45) is 0 Å². The molecule has 1 aromatic rings. The van der Waals surface area contributed by atoms with Gasteiger partial charge < -0.3 is 14.2 Å². The van der Waals surface area contributed by atoms with E-state index in [1.807, 2.05) is 0 Å². The Morgan fingerprint density at radius 1 is 1.22 bits per heavy atom. The van der Waals surface area contributed by atoms with Crippen LogP contribution in [0.1, 0.15) is 18.4 Å². The standard InChI is InChI=1S/C13H14F2O3/c1-16-13(5-11-7-17-12(6-13)18-11)8-2-9(14)4-10(15)3-8/h2-4,11-12H,5-7H2,1H3/t11-,12+,13-/m0/s1. The molecule has 3 nitrogen and oxygen atoms in total. The Balaban J connectivity index is 2.00. The average Bonchev–Trinajstić information content (AvgIpc) is 2.67. The van der Waals surface area contributed by atoms with Gasteiger partial charge in [0.25, 0.3) is 0 Å². The van der Waals surface area contributed by atoms with Crippen molar-refractivity contribution in [2.45, 2.75) is 30.8 Å². The highest BCUT2D eigenvalue weighted by molar-refractivity contribution is 5.26. The minimum atomic E-state index is -0.729. The zero-order valence-corrected chi connectivity index (χ0v) is 9.99. The number of methoxy groups -OCH3 is 1. The van der Waals surface area contributed by atoms with Crippen LogP contribution in [0.5, 0.6) is 0 Å². The van der Waals surface area contributed by atoms with E-state index in [0.29, 0.717) is 25.0 Å². The largest absolute Gasteiger partial charge is 0.373 e. The maximum atomic E-state index is 13.3. The summed E-state index contributed by atoms with van der Waals surface area (Å²) in [5, 5.41) is 0. The number of ether oxygens (including phenoxy) is 3. The maximum absolute atomic E-state index is 13.3. The molecule has 0 saturated carbocycles. The molecule has 98 valence electrons. The predicted octanol–water partition coefficient (Wildman–Crippen LogP) is 2.34. The van der Waals surface area contributed by atoms with Crippen molar-refractivity contribution in [3.8, 4) is 0 Å². The summed E-state index contributed by atoms with van der Waals surface area (Å²) in [6, 6.07) is 3.49. The first-order valence-corrected chi connectivity index (χ1v) is 5.90. The SMILES string of the molecule is CO[C@@]1(c2cc(F)cc(F)c2)C[C@H]2CO[C@@H](C1)O2. The van der Waals surface area contributed by atoms with Crippen molar-refractivity contribution in [3.63, 3.8) is 0 Å². The fourth-order valence-corrected chi connectivity index (χ4v) is 2.78. The van der Waals surface area contributed by atoms with Gasteiger partial charge in [0, 0.05) is 26.0 Å². The molecule has 2 saturated heterocycles. The van der Waals surface area contributed by atoms with Crippen LogP contribution in [0.25, 0.3) is 0 Å². The summed E-state index contributed by atoms with van der Waals surface area (Å²) in [5.41, 5.74) is -0.223. The summed E-state index contributed by atoms with van der Waals surface area (Å²) in [6.07, 6.45) is 0.566. The van der Waals surface area contributed by atoms with Crippen molar-refractivity contribution in [1.29, 1.82) is 0 Å². The maximum Gasteiger partial charge on any atom is 0.161 e. The Morgan fingerprint density at radius 3 is 2.56 bits per heavy atom. The van der Waals surface area contributed by atoms with Crippen LogP contribution in [0.4, 0.5) is 8.78 Å². The fourth-order valence-electron chi connectivity index (χ4n) is 2.78. The Morgan fingerprint density at radius 2 is 1.94 bits per heavy atom. The molecule has 0 aliphatic carbocycles. The van der Waals surface area contributed by atoms with E-state index in [9.17, 15) is 8.78 Å². The van der Waals surface area contributed by atoms with Crippen LogP contribution in [0, 0.1) is 11.6 Å². The van der Waals surface area contributed by atoms with E-state index in [1.165, 1.54) is 12.1 Å².